The molecule has 0 spiro atoms. The molecule has 1 fully saturated rings. The Morgan fingerprint density at radius 3 is 2.54 bits per heavy atom. The number of rotatable bonds is 6. The van der Waals surface area contributed by atoms with Crippen molar-refractivity contribution in [2.45, 2.75) is 32.3 Å². The summed E-state index contributed by atoms with van der Waals surface area (Å²) in [5.74, 6) is 2.04. The maximum Gasteiger partial charge on any atom is 0.227 e. The second-order valence-electron chi connectivity index (χ2n) is 9.14. The van der Waals surface area contributed by atoms with E-state index in [1.54, 1.807) is 25.1 Å². The van der Waals surface area contributed by atoms with Crippen LogP contribution < -0.4 is 15.0 Å². The summed E-state index contributed by atoms with van der Waals surface area (Å²) in [6.45, 7) is 5.89. The summed E-state index contributed by atoms with van der Waals surface area (Å²) in [6.07, 6.45) is 5.44. The molecule has 35 heavy (non-hydrogen) atoms. The Balaban J connectivity index is 1.46. The molecule has 182 valence electrons. The van der Waals surface area contributed by atoms with Gasteiger partial charge in [-0.05, 0) is 44.9 Å². The first kappa shape index (κ1) is 23.0. The van der Waals surface area contributed by atoms with E-state index in [2.05, 4.69) is 32.4 Å². The number of hydrogen-bond acceptors (Lipinski definition) is 9. The van der Waals surface area contributed by atoms with Crippen LogP contribution in [0.3, 0.4) is 0 Å². The summed E-state index contributed by atoms with van der Waals surface area (Å²) in [6, 6.07) is 7.89. The Bertz CT molecular complexity index is 1360. The van der Waals surface area contributed by atoms with Gasteiger partial charge >= 0.3 is 0 Å². The van der Waals surface area contributed by atoms with Crippen molar-refractivity contribution in [3.05, 3.63) is 42.4 Å². The first-order valence-electron chi connectivity index (χ1n) is 11.6. The smallest absolute Gasteiger partial charge is 0.227 e. The number of pyridine rings is 1. The second-order valence-corrected chi connectivity index (χ2v) is 9.14. The normalized spacial score (nSPS) is 15.4. The molecule has 4 aromatic rings. The van der Waals surface area contributed by atoms with E-state index in [1.807, 2.05) is 44.4 Å². The highest BCUT2D eigenvalue weighted by Gasteiger charge is 2.31. The minimum absolute atomic E-state index is 0.0912. The number of nitrogens with one attached hydrogen (secondary N) is 1. The summed E-state index contributed by atoms with van der Waals surface area (Å²) < 4.78 is 13.1. The molecule has 1 aliphatic rings. The molecule has 1 aromatic carbocycles. The third-order valence-electron chi connectivity index (χ3n) is 6.75. The lowest BCUT2D eigenvalue weighted by molar-refractivity contribution is -0.0133. The van der Waals surface area contributed by atoms with Crippen LogP contribution in [0.2, 0.25) is 0 Å². The molecule has 0 aliphatic carbocycles. The lowest BCUT2D eigenvalue weighted by Crippen LogP contribution is -2.44. The van der Waals surface area contributed by atoms with Gasteiger partial charge in [0.2, 0.25) is 5.95 Å². The highest BCUT2D eigenvalue weighted by Crippen LogP contribution is 2.34. The third-order valence-corrected chi connectivity index (χ3v) is 6.75. The molecule has 5 rings (SSSR count). The van der Waals surface area contributed by atoms with Crippen LogP contribution in [0, 0.1) is 6.92 Å². The van der Waals surface area contributed by atoms with Crippen LogP contribution in [0.15, 0.2) is 36.7 Å². The topological polar surface area (TPSA) is 103 Å². The molecule has 4 heterocycles. The van der Waals surface area contributed by atoms with Gasteiger partial charge < -0.3 is 19.7 Å². The van der Waals surface area contributed by atoms with Gasteiger partial charge in [-0.2, -0.15) is 0 Å². The van der Waals surface area contributed by atoms with Crippen molar-refractivity contribution in [2.24, 2.45) is 7.05 Å². The lowest BCUT2D eigenvalue weighted by atomic mass is 9.93. The number of nitrogens with zero attached hydrogens (tertiary/aromatic N) is 7. The van der Waals surface area contributed by atoms with E-state index in [4.69, 9.17) is 19.4 Å². The summed E-state index contributed by atoms with van der Waals surface area (Å²) in [4.78, 5) is 16.6. The number of anilines is 3. The van der Waals surface area contributed by atoms with Gasteiger partial charge in [-0.3, -0.25) is 0 Å². The number of benzene rings is 1. The predicted octanol–water partition coefficient (Wildman–Crippen LogP) is 3.89. The van der Waals surface area contributed by atoms with E-state index in [0.29, 0.717) is 11.7 Å². The quantitative estimate of drug-likeness (QED) is 0.446. The van der Waals surface area contributed by atoms with Crippen molar-refractivity contribution < 1.29 is 9.47 Å². The fraction of sp³-hybridized carbons (Fsp3) is 0.400. The molecule has 0 atom stereocenters. The maximum atomic E-state index is 5.72. The Labute approximate surface area is 204 Å². The maximum absolute atomic E-state index is 5.72. The standard InChI is InChI=1S/C25H30N8O2/c1-16-12-18-14-26-24(30-22(18)23(28-16)33-10-8-25(2,35-5)9-11-33)29-19-7-6-17(13-21(19)34-4)20-15-27-31-32(20)3/h6-7,12-15H,8-11H2,1-5H3,(H,26,29,30). The molecule has 0 amide bonds. The monoisotopic (exact) mass is 474 g/mol. The van der Waals surface area contributed by atoms with Gasteiger partial charge in [-0.25, -0.2) is 19.6 Å². The zero-order valence-electron chi connectivity index (χ0n) is 20.7. The second kappa shape index (κ2) is 9.10. The van der Waals surface area contributed by atoms with Crippen molar-refractivity contribution >= 4 is 28.4 Å². The van der Waals surface area contributed by atoms with Gasteiger partial charge in [0.1, 0.15) is 11.3 Å². The van der Waals surface area contributed by atoms with E-state index in [1.165, 1.54) is 0 Å². The van der Waals surface area contributed by atoms with Gasteiger partial charge in [0.15, 0.2) is 5.82 Å². The fourth-order valence-electron chi connectivity index (χ4n) is 4.45. The molecular weight excluding hydrogens is 444 g/mol. The van der Waals surface area contributed by atoms with Crippen molar-refractivity contribution in [2.75, 3.05) is 37.5 Å². The predicted molar refractivity (Wildman–Crippen MR) is 135 cm³/mol. The van der Waals surface area contributed by atoms with E-state index in [9.17, 15) is 0 Å². The van der Waals surface area contributed by atoms with Crippen LogP contribution in [0.25, 0.3) is 22.2 Å². The van der Waals surface area contributed by atoms with Gasteiger partial charge in [0, 0.05) is 50.1 Å². The van der Waals surface area contributed by atoms with E-state index >= 15 is 0 Å². The van der Waals surface area contributed by atoms with Gasteiger partial charge in [0.25, 0.3) is 0 Å². The van der Waals surface area contributed by atoms with Gasteiger partial charge in [0.05, 0.1) is 30.3 Å². The molecule has 10 heteroatoms. The van der Waals surface area contributed by atoms with E-state index in [0.717, 1.165) is 65.3 Å². The molecular formula is C25H30N8O2. The van der Waals surface area contributed by atoms with Crippen molar-refractivity contribution in [3.63, 3.8) is 0 Å². The molecule has 10 nitrogen and oxygen atoms in total. The highest BCUT2D eigenvalue weighted by molar-refractivity contribution is 5.89. The van der Waals surface area contributed by atoms with Gasteiger partial charge in [-0.1, -0.05) is 11.3 Å². The zero-order valence-corrected chi connectivity index (χ0v) is 20.7. The van der Waals surface area contributed by atoms with Crippen molar-refractivity contribution in [1.82, 2.24) is 29.9 Å². The molecule has 3 aromatic heterocycles. The average Bonchev–Trinajstić information content (AvgIpc) is 3.30. The fourth-order valence-corrected chi connectivity index (χ4v) is 4.45. The van der Waals surface area contributed by atoms with E-state index < -0.39 is 0 Å². The number of aromatic nitrogens is 6. The minimum atomic E-state index is -0.0912. The molecule has 1 aliphatic heterocycles. The Kier molecular flexibility index (Phi) is 5.98. The number of methoxy groups -OCH3 is 2. The number of ether oxygens (including phenoxy) is 2. The Morgan fingerprint density at radius 2 is 1.86 bits per heavy atom. The first-order chi connectivity index (χ1) is 16.9. The molecule has 0 unspecified atom stereocenters. The van der Waals surface area contributed by atoms with Crippen LogP contribution in [0.4, 0.5) is 17.5 Å². The summed E-state index contributed by atoms with van der Waals surface area (Å²) in [5, 5.41) is 12.2. The summed E-state index contributed by atoms with van der Waals surface area (Å²) in [5.41, 5.74) is 4.29. The van der Waals surface area contributed by atoms with Crippen LogP contribution in [-0.2, 0) is 11.8 Å². The highest BCUT2D eigenvalue weighted by atomic mass is 16.5. The minimum Gasteiger partial charge on any atom is -0.495 e. The molecule has 1 saturated heterocycles. The van der Waals surface area contributed by atoms with Crippen LogP contribution >= 0.6 is 0 Å². The largest absolute Gasteiger partial charge is 0.495 e. The van der Waals surface area contributed by atoms with Crippen LogP contribution in [-0.4, -0.2) is 62.9 Å². The Morgan fingerprint density at radius 1 is 1.06 bits per heavy atom. The van der Waals surface area contributed by atoms with Crippen LogP contribution in [0.5, 0.6) is 5.75 Å². The van der Waals surface area contributed by atoms with Crippen molar-refractivity contribution in [3.8, 4) is 17.0 Å². The Hall–Kier alpha value is -3.79. The average molecular weight is 475 g/mol. The van der Waals surface area contributed by atoms with E-state index in [-0.39, 0.29) is 5.60 Å². The van der Waals surface area contributed by atoms with Gasteiger partial charge in [-0.15, -0.1) is 5.10 Å². The number of fused-ring (bicyclic) bond motifs is 1. The molecule has 0 saturated carbocycles. The molecule has 0 radical (unpaired) electrons. The third kappa shape index (κ3) is 4.49. The number of piperidine rings is 1. The molecule has 1 N–H and O–H groups in total. The van der Waals surface area contributed by atoms with Crippen molar-refractivity contribution in [1.29, 1.82) is 0 Å². The summed E-state index contributed by atoms with van der Waals surface area (Å²) >= 11 is 0. The van der Waals surface area contributed by atoms with Crippen LogP contribution in [0.1, 0.15) is 25.5 Å². The lowest BCUT2D eigenvalue weighted by Gasteiger charge is -2.39. The zero-order chi connectivity index (χ0) is 24.6. The number of hydrogen-bond donors (Lipinski definition) is 1. The SMILES string of the molecule is COc1cc(-c2cnnn2C)ccc1Nc1ncc2cc(C)nc(N3CCC(C)(OC)CC3)c2n1. The first-order valence-corrected chi connectivity index (χ1v) is 11.6. The summed E-state index contributed by atoms with van der Waals surface area (Å²) in [7, 11) is 5.28. The number of aryl methyl sites for hydroxylation is 2. The molecule has 0 bridgehead atoms.